The number of hydrogen-bond acceptors (Lipinski definition) is 6. The van der Waals surface area contributed by atoms with E-state index in [-0.39, 0.29) is 17.8 Å². The van der Waals surface area contributed by atoms with Gasteiger partial charge in [-0.05, 0) is 18.1 Å². The van der Waals surface area contributed by atoms with E-state index in [1.165, 1.54) is 0 Å². The fraction of sp³-hybridized carbons (Fsp3) is 0.381. The van der Waals surface area contributed by atoms with Crippen LogP contribution in [0.4, 0.5) is 5.69 Å². The van der Waals surface area contributed by atoms with Crippen LogP contribution in [0.5, 0.6) is 0 Å². The lowest BCUT2D eigenvalue weighted by Crippen LogP contribution is -2.17. The van der Waals surface area contributed by atoms with E-state index in [2.05, 4.69) is 24.9 Å². The van der Waals surface area contributed by atoms with Crippen molar-refractivity contribution < 1.29 is 5.11 Å². The summed E-state index contributed by atoms with van der Waals surface area (Å²) in [5, 5.41) is 9.98. The Morgan fingerprint density at radius 1 is 1.26 bits per heavy atom. The zero-order chi connectivity index (χ0) is 20.4. The third-order valence-corrected chi connectivity index (χ3v) is 5.22. The van der Waals surface area contributed by atoms with E-state index in [4.69, 9.17) is 11.5 Å². The largest absolute Gasteiger partial charge is 0.404 e. The van der Waals surface area contributed by atoms with E-state index in [0.29, 0.717) is 5.69 Å². The summed E-state index contributed by atoms with van der Waals surface area (Å²) >= 11 is 1.58. The van der Waals surface area contributed by atoms with Crippen molar-refractivity contribution in [3.63, 3.8) is 0 Å². The lowest BCUT2D eigenvalue weighted by molar-refractivity contribution is 0.300. The highest BCUT2D eigenvalue weighted by Gasteiger charge is 2.20. The predicted molar refractivity (Wildman–Crippen MR) is 119 cm³/mol. The minimum atomic E-state index is -0.113. The molecule has 0 heterocycles. The molecule has 0 bridgehead atoms. The van der Waals surface area contributed by atoms with Crippen molar-refractivity contribution in [2.45, 2.75) is 24.0 Å². The summed E-state index contributed by atoms with van der Waals surface area (Å²) < 4.78 is 0. The Morgan fingerprint density at radius 3 is 2.41 bits per heavy atom. The van der Waals surface area contributed by atoms with Crippen LogP contribution in [0.3, 0.4) is 0 Å². The Kier molecular flexibility index (Phi) is 9.75. The van der Waals surface area contributed by atoms with Crippen molar-refractivity contribution in [3.8, 4) is 0 Å². The molecule has 0 spiro atoms. The fourth-order valence-corrected chi connectivity index (χ4v) is 3.81. The molecule has 1 aromatic rings. The Labute approximate surface area is 167 Å². The number of allylic oxidation sites excluding steroid dienone is 3. The number of aliphatic hydroxyl groups is 1. The molecule has 0 amide bonds. The molecule has 148 valence electrons. The molecular formula is C21H32N4OS. The zero-order valence-electron chi connectivity index (χ0n) is 16.9. The number of hydrogen-bond donors (Lipinski definition) is 3. The average Bonchev–Trinajstić information content (AvgIpc) is 2.62. The number of nitrogens with zero attached hydrogens (tertiary/aromatic N) is 2. The van der Waals surface area contributed by atoms with Gasteiger partial charge in [0.1, 0.15) is 0 Å². The van der Waals surface area contributed by atoms with Crippen molar-refractivity contribution in [1.82, 2.24) is 4.90 Å². The van der Waals surface area contributed by atoms with Crippen LogP contribution in [0, 0.1) is 5.92 Å². The van der Waals surface area contributed by atoms with Crippen molar-refractivity contribution >= 4 is 23.7 Å². The number of anilines is 1. The Morgan fingerprint density at radius 2 is 1.93 bits per heavy atom. The van der Waals surface area contributed by atoms with Crippen LogP contribution in [0.1, 0.15) is 13.8 Å². The first-order chi connectivity index (χ1) is 12.8. The van der Waals surface area contributed by atoms with Gasteiger partial charge >= 0.3 is 0 Å². The second-order valence-corrected chi connectivity index (χ2v) is 7.93. The van der Waals surface area contributed by atoms with Gasteiger partial charge in [0.05, 0.1) is 11.9 Å². The van der Waals surface area contributed by atoms with E-state index < -0.39 is 0 Å². The molecule has 6 heteroatoms. The summed E-state index contributed by atoms with van der Waals surface area (Å²) in [6, 6.07) is 7.72. The van der Waals surface area contributed by atoms with Crippen LogP contribution in [-0.2, 0) is 0 Å². The molecule has 0 fully saturated rings. The maximum absolute atomic E-state index is 10.1. The van der Waals surface area contributed by atoms with Crippen LogP contribution in [-0.4, -0.2) is 49.2 Å². The molecule has 0 aliphatic rings. The summed E-state index contributed by atoms with van der Waals surface area (Å²) in [5.74, 6) is 0.239. The van der Waals surface area contributed by atoms with Crippen molar-refractivity contribution in [2.75, 3.05) is 33.5 Å². The molecule has 27 heavy (non-hydrogen) atoms. The number of nitrogens with two attached hydrogens (primary N) is 2. The number of aliphatic hydroxyl groups excluding tert-OH is 1. The number of rotatable bonds is 9. The predicted octanol–water partition coefficient (Wildman–Crippen LogP) is 3.29. The first kappa shape index (κ1) is 22.9. The molecule has 0 radical (unpaired) electrons. The van der Waals surface area contributed by atoms with Crippen molar-refractivity contribution in [3.05, 3.63) is 59.5 Å². The van der Waals surface area contributed by atoms with Crippen molar-refractivity contribution in [1.29, 1.82) is 0 Å². The first-order valence-electron chi connectivity index (χ1n) is 8.90. The molecule has 0 aromatic heterocycles. The van der Waals surface area contributed by atoms with Gasteiger partial charge in [-0.15, -0.1) is 11.8 Å². The molecule has 1 atom stereocenters. The molecule has 0 aliphatic carbocycles. The number of benzene rings is 1. The molecule has 0 saturated carbocycles. The van der Waals surface area contributed by atoms with Gasteiger partial charge in [0.2, 0.25) is 0 Å². The highest BCUT2D eigenvalue weighted by Crippen LogP contribution is 2.35. The van der Waals surface area contributed by atoms with Crippen LogP contribution >= 0.6 is 11.8 Å². The Balaban J connectivity index is 3.37. The lowest BCUT2D eigenvalue weighted by Gasteiger charge is -2.23. The van der Waals surface area contributed by atoms with Gasteiger partial charge in [0, 0.05) is 61.5 Å². The van der Waals surface area contributed by atoms with Gasteiger partial charge in [-0.3, -0.25) is 4.99 Å². The van der Waals surface area contributed by atoms with Gasteiger partial charge in [-0.25, -0.2) is 0 Å². The summed E-state index contributed by atoms with van der Waals surface area (Å²) in [6.45, 7) is 4.26. The summed E-state index contributed by atoms with van der Waals surface area (Å²) in [6.07, 6.45) is 7.38. The molecule has 5 N–H and O–H groups in total. The molecule has 0 saturated heterocycles. The summed E-state index contributed by atoms with van der Waals surface area (Å²) in [7, 11) is 5.64. The van der Waals surface area contributed by atoms with Gasteiger partial charge in [-0.1, -0.05) is 37.6 Å². The number of aliphatic imine (C=N–C) groups is 1. The normalized spacial score (nSPS) is 14.9. The minimum Gasteiger partial charge on any atom is -0.404 e. The van der Waals surface area contributed by atoms with E-state index in [1.807, 2.05) is 49.5 Å². The first-order valence-corrected chi connectivity index (χ1v) is 9.78. The highest BCUT2D eigenvalue weighted by molar-refractivity contribution is 8.00. The monoisotopic (exact) mass is 388 g/mol. The van der Waals surface area contributed by atoms with E-state index in [0.717, 1.165) is 21.6 Å². The average molecular weight is 389 g/mol. The second-order valence-electron chi connectivity index (χ2n) is 6.68. The van der Waals surface area contributed by atoms with E-state index in [9.17, 15) is 5.11 Å². The summed E-state index contributed by atoms with van der Waals surface area (Å²) in [4.78, 5) is 7.03. The summed E-state index contributed by atoms with van der Waals surface area (Å²) in [5.41, 5.74) is 15.5. The van der Waals surface area contributed by atoms with Crippen LogP contribution < -0.4 is 11.5 Å². The maximum Gasteiger partial charge on any atom is 0.0591 e. The number of thioether (sulfide) groups is 1. The van der Waals surface area contributed by atoms with E-state index in [1.54, 1.807) is 31.2 Å². The van der Waals surface area contributed by atoms with Gasteiger partial charge in [0.25, 0.3) is 0 Å². The topological polar surface area (TPSA) is 87.9 Å². The van der Waals surface area contributed by atoms with Gasteiger partial charge in [-0.2, -0.15) is 0 Å². The molecule has 5 nitrogen and oxygen atoms in total. The highest BCUT2D eigenvalue weighted by atomic mass is 32.2. The smallest absolute Gasteiger partial charge is 0.0591 e. The fourth-order valence-electron chi connectivity index (χ4n) is 2.59. The standard InChI is InChI=1S/C21H32N4OS/c1-15(2)18(10-16(13-25(4)5)17(11-22)12-24-3)21(14-26)27-20-9-7-6-8-19(20)23/h6-13,15,21,26H,14,22-23H2,1-5H3/b16-13+,17-11?,18-10+,24-12?. The SMILES string of the molecule is CN=CC(=CN)C(=C/N(C)C)/C=C(\C(C)C)C(CO)Sc1ccccc1N. The third kappa shape index (κ3) is 7.15. The molecule has 1 unspecified atom stereocenters. The zero-order valence-corrected chi connectivity index (χ0v) is 17.7. The number of para-hydroxylation sites is 1. The van der Waals surface area contributed by atoms with E-state index >= 15 is 0 Å². The van der Waals surface area contributed by atoms with Gasteiger partial charge < -0.3 is 21.5 Å². The molecule has 1 rings (SSSR count). The van der Waals surface area contributed by atoms with Crippen LogP contribution in [0.2, 0.25) is 0 Å². The van der Waals surface area contributed by atoms with Crippen LogP contribution in [0.15, 0.2) is 69.3 Å². The number of nitrogen functional groups attached to an aromatic ring is 1. The quantitative estimate of drug-likeness (QED) is 0.261. The lowest BCUT2D eigenvalue weighted by atomic mass is 9.95. The van der Waals surface area contributed by atoms with Gasteiger partial charge in [0.15, 0.2) is 0 Å². The molecular weight excluding hydrogens is 356 g/mol. The van der Waals surface area contributed by atoms with Crippen LogP contribution in [0.25, 0.3) is 0 Å². The molecule has 0 aliphatic heterocycles. The Bertz CT molecular complexity index is 721. The second kappa shape index (κ2) is 11.5. The third-order valence-electron chi connectivity index (χ3n) is 3.89. The Hall–Kier alpha value is -2.18. The maximum atomic E-state index is 10.1. The minimum absolute atomic E-state index is 0.0157. The van der Waals surface area contributed by atoms with Crippen molar-refractivity contribution in [2.24, 2.45) is 16.6 Å². The molecule has 1 aromatic carbocycles.